The van der Waals surface area contributed by atoms with E-state index in [1.807, 2.05) is 23.2 Å². The normalized spacial score (nSPS) is 14.9. The van der Waals surface area contributed by atoms with Crippen LogP contribution in [0.1, 0.15) is 17.8 Å². The summed E-state index contributed by atoms with van der Waals surface area (Å²) in [4.78, 5) is 25.9. The average Bonchev–Trinajstić information content (AvgIpc) is 3.12. The van der Waals surface area contributed by atoms with Crippen molar-refractivity contribution in [2.24, 2.45) is 0 Å². The van der Waals surface area contributed by atoms with Gasteiger partial charge in [-0.2, -0.15) is 0 Å². The van der Waals surface area contributed by atoms with Gasteiger partial charge in [0.2, 0.25) is 0 Å². The maximum atomic E-state index is 12.3. The number of alkyl halides is 1. The average molecular weight is 427 g/mol. The predicted molar refractivity (Wildman–Crippen MR) is 119 cm³/mol. The Bertz CT molecular complexity index is 1010. The molecule has 7 nitrogen and oxygen atoms in total. The van der Waals surface area contributed by atoms with Gasteiger partial charge in [-0.05, 0) is 43.2 Å². The largest absolute Gasteiger partial charge is 0.338 e. The van der Waals surface area contributed by atoms with Gasteiger partial charge in [0.15, 0.2) is 5.65 Å². The van der Waals surface area contributed by atoms with Crippen LogP contribution < -0.4 is 5.32 Å². The van der Waals surface area contributed by atoms with Crippen molar-refractivity contribution in [1.82, 2.24) is 29.7 Å². The fourth-order valence-corrected chi connectivity index (χ4v) is 3.92. The number of fused-ring (bicyclic) bond motifs is 1. The zero-order valence-corrected chi connectivity index (χ0v) is 18.0. The van der Waals surface area contributed by atoms with Crippen molar-refractivity contribution in [3.63, 3.8) is 0 Å². The number of pyridine rings is 1. The van der Waals surface area contributed by atoms with Crippen LogP contribution in [-0.4, -0.2) is 69.0 Å². The molecule has 2 amide bonds. The second kappa shape index (κ2) is 9.45. The summed E-state index contributed by atoms with van der Waals surface area (Å²) < 4.78 is 2.15. The summed E-state index contributed by atoms with van der Waals surface area (Å²) in [6.45, 7) is 6.46. The van der Waals surface area contributed by atoms with E-state index >= 15 is 0 Å². The minimum atomic E-state index is -0.00374. The Labute approximate surface area is 181 Å². The van der Waals surface area contributed by atoms with Gasteiger partial charge >= 0.3 is 6.03 Å². The van der Waals surface area contributed by atoms with Gasteiger partial charge < -0.3 is 10.2 Å². The highest BCUT2D eigenvalue weighted by Crippen LogP contribution is 2.22. The quantitative estimate of drug-likeness (QED) is 0.485. The molecule has 2 aromatic heterocycles. The topological polar surface area (TPSA) is 66.3 Å². The van der Waals surface area contributed by atoms with Crippen molar-refractivity contribution in [2.75, 3.05) is 38.6 Å². The van der Waals surface area contributed by atoms with Crippen molar-refractivity contribution in [1.29, 1.82) is 0 Å². The fourth-order valence-electron chi connectivity index (χ4n) is 3.79. The van der Waals surface area contributed by atoms with Gasteiger partial charge in [-0.1, -0.05) is 12.1 Å². The first-order valence-corrected chi connectivity index (χ1v) is 10.9. The second-order valence-electron chi connectivity index (χ2n) is 7.59. The number of halogens is 1. The van der Waals surface area contributed by atoms with Gasteiger partial charge in [0.25, 0.3) is 0 Å². The van der Waals surface area contributed by atoms with Gasteiger partial charge in [0.05, 0.1) is 6.54 Å². The van der Waals surface area contributed by atoms with Crippen LogP contribution in [0.2, 0.25) is 0 Å². The van der Waals surface area contributed by atoms with Crippen LogP contribution in [0.25, 0.3) is 16.9 Å². The lowest BCUT2D eigenvalue weighted by Gasteiger charge is -2.34. The number of carbonyl (C=O) groups excluding carboxylic acids is 1. The van der Waals surface area contributed by atoms with Crippen molar-refractivity contribution in [3.8, 4) is 5.69 Å². The first-order valence-electron chi connectivity index (χ1n) is 10.4. The van der Waals surface area contributed by atoms with Gasteiger partial charge in [0.1, 0.15) is 11.3 Å². The summed E-state index contributed by atoms with van der Waals surface area (Å²) in [5.41, 5.74) is 4.04. The first kappa shape index (κ1) is 20.6. The molecule has 0 spiro atoms. The Balaban J connectivity index is 1.49. The van der Waals surface area contributed by atoms with Gasteiger partial charge in [-0.3, -0.25) is 9.47 Å². The Morgan fingerprint density at radius 2 is 2.00 bits per heavy atom. The Hall–Kier alpha value is -2.64. The second-order valence-corrected chi connectivity index (χ2v) is 7.96. The third kappa shape index (κ3) is 4.57. The number of nitrogens with zero attached hydrogens (tertiary/aromatic N) is 5. The van der Waals surface area contributed by atoms with Gasteiger partial charge in [-0.25, -0.2) is 14.8 Å². The molecule has 0 saturated carbocycles. The maximum absolute atomic E-state index is 12.3. The molecule has 0 unspecified atom stereocenters. The van der Waals surface area contributed by atoms with E-state index in [4.69, 9.17) is 16.6 Å². The van der Waals surface area contributed by atoms with Crippen molar-refractivity contribution in [3.05, 3.63) is 54.0 Å². The summed E-state index contributed by atoms with van der Waals surface area (Å²) in [7, 11) is 0. The number of hydrogen-bond donors (Lipinski definition) is 1. The third-order valence-corrected chi connectivity index (χ3v) is 5.62. The smallest absolute Gasteiger partial charge is 0.317 e. The fraction of sp³-hybridized carbons (Fsp3) is 0.409. The highest BCUT2D eigenvalue weighted by atomic mass is 35.5. The molecule has 30 heavy (non-hydrogen) atoms. The summed E-state index contributed by atoms with van der Waals surface area (Å²) in [5.74, 6) is 1.53. The number of carbonyl (C=O) groups is 1. The van der Waals surface area contributed by atoms with Crippen LogP contribution in [0, 0.1) is 6.92 Å². The Kier molecular flexibility index (Phi) is 6.50. The number of benzene rings is 1. The predicted octanol–water partition coefficient (Wildman–Crippen LogP) is 3.19. The van der Waals surface area contributed by atoms with Crippen LogP contribution in [0.5, 0.6) is 0 Å². The molecular weight excluding hydrogens is 400 g/mol. The zero-order valence-electron chi connectivity index (χ0n) is 17.2. The number of piperazine rings is 1. The van der Waals surface area contributed by atoms with Crippen molar-refractivity contribution in [2.45, 2.75) is 19.9 Å². The summed E-state index contributed by atoms with van der Waals surface area (Å²) in [6.07, 6.45) is 2.60. The number of urea groups is 1. The number of aryl methyl sites for hydroxylation is 1. The molecule has 3 aromatic rings. The number of amides is 2. The lowest BCUT2D eigenvalue weighted by Crippen LogP contribution is -2.51. The molecule has 0 radical (unpaired) electrons. The minimum Gasteiger partial charge on any atom is -0.338 e. The van der Waals surface area contributed by atoms with E-state index in [0.29, 0.717) is 32.1 Å². The lowest BCUT2D eigenvalue weighted by molar-refractivity contribution is 0.133. The molecule has 1 aliphatic rings. The molecule has 1 aromatic carbocycles. The van der Waals surface area contributed by atoms with E-state index in [2.05, 4.69) is 51.0 Å². The van der Waals surface area contributed by atoms with Crippen LogP contribution in [-0.2, 0) is 6.54 Å². The van der Waals surface area contributed by atoms with E-state index in [1.165, 1.54) is 5.56 Å². The number of rotatable bonds is 6. The highest BCUT2D eigenvalue weighted by molar-refractivity contribution is 6.17. The number of imidazole rings is 1. The van der Waals surface area contributed by atoms with Crippen LogP contribution in [0.15, 0.2) is 42.6 Å². The molecular formula is C22H27ClN6O. The molecule has 4 rings (SSSR count). The third-order valence-electron chi connectivity index (χ3n) is 5.36. The lowest BCUT2D eigenvalue weighted by atomic mass is 10.2. The van der Waals surface area contributed by atoms with E-state index in [-0.39, 0.29) is 6.03 Å². The monoisotopic (exact) mass is 426 g/mol. The minimum absolute atomic E-state index is 0.00374. The highest BCUT2D eigenvalue weighted by Gasteiger charge is 2.23. The maximum Gasteiger partial charge on any atom is 0.317 e. The first-order chi connectivity index (χ1) is 14.7. The molecule has 0 bridgehead atoms. The molecule has 158 valence electrons. The Morgan fingerprint density at radius 3 is 2.77 bits per heavy atom. The SMILES string of the molecule is Cc1cccc(-n2c(CN3CCN(C(=O)NCCCCl)CC3)nc3cccnc32)c1. The number of hydrogen-bond acceptors (Lipinski definition) is 4. The number of nitrogens with one attached hydrogen (secondary N) is 1. The van der Waals surface area contributed by atoms with Gasteiger partial charge in [0, 0.05) is 50.5 Å². The molecule has 3 heterocycles. The summed E-state index contributed by atoms with van der Waals surface area (Å²) >= 11 is 5.68. The molecule has 1 aliphatic heterocycles. The van der Waals surface area contributed by atoms with Crippen molar-refractivity contribution < 1.29 is 4.79 Å². The van der Waals surface area contributed by atoms with Gasteiger partial charge in [-0.15, -0.1) is 11.6 Å². The van der Waals surface area contributed by atoms with Crippen molar-refractivity contribution >= 4 is 28.8 Å². The molecule has 8 heteroatoms. The Morgan fingerprint density at radius 1 is 1.17 bits per heavy atom. The van der Waals surface area contributed by atoms with E-state index < -0.39 is 0 Å². The standard InChI is InChI=1S/C22H27ClN6O/c1-17-5-2-6-18(15-17)29-20(26-19-7-3-9-24-21(19)29)16-27-11-13-28(14-12-27)22(30)25-10-4-8-23/h2-3,5-7,9,15H,4,8,10-14,16H2,1H3,(H,25,30). The number of aromatic nitrogens is 3. The van der Waals surface area contributed by atoms with Crippen LogP contribution in [0.4, 0.5) is 4.79 Å². The molecule has 0 atom stereocenters. The molecule has 0 aliphatic carbocycles. The van der Waals surface area contributed by atoms with Crippen LogP contribution in [0.3, 0.4) is 0 Å². The van der Waals surface area contributed by atoms with E-state index in [9.17, 15) is 4.79 Å². The molecule has 1 saturated heterocycles. The molecule has 1 N–H and O–H groups in total. The van der Waals surface area contributed by atoms with Crippen LogP contribution >= 0.6 is 11.6 Å². The van der Waals surface area contributed by atoms with E-state index in [1.54, 1.807) is 0 Å². The molecule has 1 fully saturated rings. The van der Waals surface area contributed by atoms with E-state index in [0.717, 1.165) is 42.2 Å². The summed E-state index contributed by atoms with van der Waals surface area (Å²) in [5, 5.41) is 2.93. The zero-order chi connectivity index (χ0) is 20.9. The summed E-state index contributed by atoms with van der Waals surface area (Å²) in [6, 6.07) is 12.3.